The zero-order valence-electron chi connectivity index (χ0n) is 19.7. The molecule has 0 saturated heterocycles. The van der Waals surface area contributed by atoms with Gasteiger partial charge in [-0.05, 0) is 73.2 Å². The van der Waals surface area contributed by atoms with Crippen LogP contribution >= 0.6 is 0 Å². The van der Waals surface area contributed by atoms with Gasteiger partial charge in [-0.3, -0.25) is 0 Å². The summed E-state index contributed by atoms with van der Waals surface area (Å²) in [6.45, 7) is 3.02. The molecule has 0 bridgehead atoms. The van der Waals surface area contributed by atoms with E-state index in [1.165, 1.54) is 57.8 Å². The SMILES string of the molecule is CCCCC[C@H]1CC[C@H](CCCOc2ccc(OC(=O)c3ccc(OC)cc3)cc2)CC1. The first-order valence-electron chi connectivity index (χ1n) is 12.3. The van der Waals surface area contributed by atoms with Gasteiger partial charge in [-0.15, -0.1) is 0 Å². The summed E-state index contributed by atoms with van der Waals surface area (Å²) in [4.78, 5) is 12.3. The van der Waals surface area contributed by atoms with Crippen molar-refractivity contribution < 1.29 is 19.0 Å². The highest BCUT2D eigenvalue weighted by atomic mass is 16.5. The minimum atomic E-state index is -0.388. The molecule has 4 heteroatoms. The van der Waals surface area contributed by atoms with E-state index in [2.05, 4.69) is 6.92 Å². The lowest BCUT2D eigenvalue weighted by Gasteiger charge is -2.28. The average Bonchev–Trinajstić information content (AvgIpc) is 2.84. The lowest BCUT2D eigenvalue weighted by atomic mass is 9.78. The molecule has 0 N–H and O–H groups in total. The van der Waals surface area contributed by atoms with Crippen molar-refractivity contribution in [1.82, 2.24) is 0 Å². The molecule has 0 unspecified atom stereocenters. The summed E-state index contributed by atoms with van der Waals surface area (Å²) in [6.07, 6.45) is 13.6. The van der Waals surface area contributed by atoms with Gasteiger partial charge in [0.2, 0.25) is 0 Å². The van der Waals surface area contributed by atoms with Crippen LogP contribution < -0.4 is 14.2 Å². The minimum Gasteiger partial charge on any atom is -0.497 e. The quantitative estimate of drug-likeness (QED) is 0.196. The third-order valence-corrected chi connectivity index (χ3v) is 6.57. The van der Waals surface area contributed by atoms with Crippen LogP contribution in [0.4, 0.5) is 0 Å². The van der Waals surface area contributed by atoms with E-state index in [1.807, 2.05) is 12.1 Å². The van der Waals surface area contributed by atoms with E-state index in [9.17, 15) is 4.79 Å². The van der Waals surface area contributed by atoms with Crippen LogP contribution in [-0.4, -0.2) is 19.7 Å². The molecule has 0 radical (unpaired) electrons. The maximum atomic E-state index is 12.3. The lowest BCUT2D eigenvalue weighted by molar-refractivity contribution is 0.0734. The molecule has 1 aliphatic rings. The van der Waals surface area contributed by atoms with E-state index in [0.29, 0.717) is 17.1 Å². The minimum absolute atomic E-state index is 0.388. The number of carbonyl (C=O) groups is 1. The van der Waals surface area contributed by atoms with E-state index in [4.69, 9.17) is 14.2 Å². The maximum Gasteiger partial charge on any atom is 0.343 e. The Hall–Kier alpha value is -2.49. The number of benzene rings is 2. The van der Waals surface area contributed by atoms with Crippen LogP contribution in [0.25, 0.3) is 0 Å². The Labute approximate surface area is 193 Å². The van der Waals surface area contributed by atoms with Crippen molar-refractivity contribution in [3.05, 3.63) is 54.1 Å². The molecule has 0 aliphatic heterocycles. The Balaban J connectivity index is 1.31. The highest BCUT2D eigenvalue weighted by Crippen LogP contribution is 2.34. The molecule has 1 saturated carbocycles. The van der Waals surface area contributed by atoms with Crippen molar-refractivity contribution >= 4 is 5.97 Å². The average molecular weight is 439 g/mol. The summed E-state index contributed by atoms with van der Waals surface area (Å²) < 4.78 is 16.4. The molecule has 0 amide bonds. The van der Waals surface area contributed by atoms with Crippen LogP contribution in [0.2, 0.25) is 0 Å². The van der Waals surface area contributed by atoms with Crippen molar-refractivity contribution in [3.63, 3.8) is 0 Å². The van der Waals surface area contributed by atoms with Crippen LogP contribution in [0, 0.1) is 11.8 Å². The van der Waals surface area contributed by atoms with Crippen molar-refractivity contribution in [2.24, 2.45) is 11.8 Å². The molecule has 32 heavy (non-hydrogen) atoms. The van der Waals surface area contributed by atoms with Gasteiger partial charge in [0.1, 0.15) is 17.2 Å². The predicted molar refractivity (Wildman–Crippen MR) is 129 cm³/mol. The molecule has 1 aliphatic carbocycles. The summed E-state index contributed by atoms with van der Waals surface area (Å²) in [5, 5.41) is 0. The van der Waals surface area contributed by atoms with Crippen molar-refractivity contribution in [2.75, 3.05) is 13.7 Å². The summed E-state index contributed by atoms with van der Waals surface area (Å²) in [5.41, 5.74) is 0.487. The fourth-order valence-electron chi connectivity index (χ4n) is 4.55. The molecule has 0 spiro atoms. The number of methoxy groups -OCH3 is 1. The van der Waals surface area contributed by atoms with Gasteiger partial charge in [0, 0.05) is 0 Å². The zero-order valence-corrected chi connectivity index (χ0v) is 19.7. The van der Waals surface area contributed by atoms with E-state index in [-0.39, 0.29) is 5.97 Å². The first-order chi connectivity index (χ1) is 15.7. The third kappa shape index (κ3) is 7.89. The fraction of sp³-hybridized carbons (Fsp3) is 0.536. The number of hydrogen-bond donors (Lipinski definition) is 0. The molecule has 0 heterocycles. The smallest absolute Gasteiger partial charge is 0.343 e. The van der Waals surface area contributed by atoms with Gasteiger partial charge in [-0.25, -0.2) is 4.79 Å². The summed E-state index contributed by atoms with van der Waals surface area (Å²) in [5.74, 6) is 3.49. The van der Waals surface area contributed by atoms with Crippen LogP contribution in [0.5, 0.6) is 17.2 Å². The molecular weight excluding hydrogens is 400 g/mol. The van der Waals surface area contributed by atoms with Crippen molar-refractivity contribution in [2.45, 2.75) is 71.1 Å². The highest BCUT2D eigenvalue weighted by molar-refractivity contribution is 5.91. The second kappa shape index (κ2) is 13.1. The predicted octanol–water partition coefficient (Wildman–Crippen LogP) is 7.46. The van der Waals surface area contributed by atoms with E-state index >= 15 is 0 Å². The molecule has 2 aromatic rings. The van der Waals surface area contributed by atoms with Gasteiger partial charge >= 0.3 is 5.97 Å². The van der Waals surface area contributed by atoms with Gasteiger partial charge in [0.15, 0.2) is 0 Å². The molecule has 1 fully saturated rings. The van der Waals surface area contributed by atoms with Crippen LogP contribution in [0.15, 0.2) is 48.5 Å². The van der Waals surface area contributed by atoms with E-state index in [1.54, 1.807) is 43.5 Å². The Morgan fingerprint density at radius 3 is 1.94 bits per heavy atom. The fourth-order valence-corrected chi connectivity index (χ4v) is 4.55. The Kier molecular flexibility index (Phi) is 9.93. The first kappa shape index (κ1) is 24.2. The van der Waals surface area contributed by atoms with Crippen molar-refractivity contribution in [3.8, 4) is 17.2 Å². The summed E-state index contributed by atoms with van der Waals surface area (Å²) >= 11 is 0. The molecule has 3 rings (SSSR count). The Morgan fingerprint density at radius 2 is 1.34 bits per heavy atom. The van der Waals surface area contributed by atoms with Gasteiger partial charge in [0.05, 0.1) is 19.3 Å². The van der Waals surface area contributed by atoms with E-state index < -0.39 is 0 Å². The maximum absolute atomic E-state index is 12.3. The monoisotopic (exact) mass is 438 g/mol. The van der Waals surface area contributed by atoms with Gasteiger partial charge in [0.25, 0.3) is 0 Å². The first-order valence-corrected chi connectivity index (χ1v) is 12.3. The number of ether oxygens (including phenoxy) is 3. The highest BCUT2D eigenvalue weighted by Gasteiger charge is 2.20. The largest absolute Gasteiger partial charge is 0.497 e. The van der Waals surface area contributed by atoms with Crippen LogP contribution in [-0.2, 0) is 0 Å². The third-order valence-electron chi connectivity index (χ3n) is 6.57. The topological polar surface area (TPSA) is 44.8 Å². The zero-order chi connectivity index (χ0) is 22.6. The number of carbonyl (C=O) groups excluding carboxylic acids is 1. The second-order valence-electron chi connectivity index (χ2n) is 8.96. The molecule has 174 valence electrons. The number of esters is 1. The van der Waals surface area contributed by atoms with Gasteiger partial charge in [-0.2, -0.15) is 0 Å². The number of hydrogen-bond acceptors (Lipinski definition) is 4. The number of rotatable bonds is 12. The number of unbranched alkanes of at least 4 members (excludes halogenated alkanes) is 2. The standard InChI is InChI=1S/C28H38O4/c1-3-4-5-7-22-9-11-23(12-10-22)8-6-21-31-26-17-19-27(20-18-26)32-28(29)24-13-15-25(30-2)16-14-24/h13-20,22-23H,3-12,21H2,1-2H3/t22-,23-. The molecular formula is C28H38O4. The van der Waals surface area contributed by atoms with Crippen LogP contribution in [0.3, 0.4) is 0 Å². The molecule has 4 nitrogen and oxygen atoms in total. The molecule has 0 atom stereocenters. The van der Waals surface area contributed by atoms with Gasteiger partial charge < -0.3 is 14.2 Å². The van der Waals surface area contributed by atoms with Crippen LogP contribution in [0.1, 0.15) is 81.5 Å². The van der Waals surface area contributed by atoms with Crippen molar-refractivity contribution in [1.29, 1.82) is 0 Å². The Morgan fingerprint density at radius 1 is 0.781 bits per heavy atom. The normalized spacial score (nSPS) is 18.2. The molecule has 2 aromatic carbocycles. The Bertz CT molecular complexity index is 789. The molecule has 0 aromatic heterocycles. The van der Waals surface area contributed by atoms with E-state index in [0.717, 1.165) is 30.6 Å². The van der Waals surface area contributed by atoms with Gasteiger partial charge in [-0.1, -0.05) is 58.3 Å². The lowest BCUT2D eigenvalue weighted by Crippen LogP contribution is -2.15. The summed E-state index contributed by atoms with van der Waals surface area (Å²) in [6, 6.07) is 14.1. The second-order valence-corrected chi connectivity index (χ2v) is 8.96. The summed E-state index contributed by atoms with van der Waals surface area (Å²) in [7, 11) is 1.59.